The van der Waals surface area contributed by atoms with Gasteiger partial charge in [0.25, 0.3) is 0 Å². The first-order chi connectivity index (χ1) is 14.9. The lowest BCUT2D eigenvalue weighted by Crippen LogP contribution is -2.54. The second kappa shape index (κ2) is 8.96. The second-order valence-corrected chi connectivity index (χ2v) is 8.35. The second-order valence-electron chi connectivity index (χ2n) is 8.35. The Bertz CT molecular complexity index is 1080. The molecule has 6 heteroatoms. The van der Waals surface area contributed by atoms with Crippen LogP contribution in [-0.4, -0.2) is 29.1 Å². The third kappa shape index (κ3) is 4.98. The Kier molecular flexibility index (Phi) is 6.11. The van der Waals surface area contributed by atoms with Crippen molar-refractivity contribution in [1.29, 1.82) is 0 Å². The van der Waals surface area contributed by atoms with E-state index in [0.717, 1.165) is 52.2 Å². The fourth-order valence-corrected chi connectivity index (χ4v) is 3.90. The number of aryl methyl sites for hydroxylation is 3. The van der Waals surface area contributed by atoms with E-state index in [1.165, 1.54) is 0 Å². The van der Waals surface area contributed by atoms with E-state index in [4.69, 9.17) is 21.2 Å². The standard InChI is InChI=1S/C25H28N4O2/c1-17-14-28-24(12-18-6-9-21(10-7-18)25(27)15-31-16-25)29-22(17)11-8-19-4-2-3-5-20(19)13-23(26)30/h2-7,9-10,14H,8,11-13,15-16,27H2,1H3,(H2,26,30). The lowest BCUT2D eigenvalue weighted by molar-refractivity contribution is -0.117. The Labute approximate surface area is 182 Å². The van der Waals surface area contributed by atoms with Gasteiger partial charge in [-0.05, 0) is 47.6 Å². The van der Waals surface area contributed by atoms with Crippen molar-refractivity contribution in [2.75, 3.05) is 13.2 Å². The highest BCUT2D eigenvalue weighted by molar-refractivity contribution is 5.77. The molecule has 3 aromatic rings. The molecular weight excluding hydrogens is 388 g/mol. The van der Waals surface area contributed by atoms with Crippen LogP contribution in [0, 0.1) is 6.92 Å². The highest BCUT2D eigenvalue weighted by Gasteiger charge is 2.35. The first kappa shape index (κ1) is 21.2. The minimum atomic E-state index is -0.350. The third-order valence-corrected chi connectivity index (χ3v) is 5.85. The van der Waals surface area contributed by atoms with Gasteiger partial charge in [-0.25, -0.2) is 9.97 Å². The van der Waals surface area contributed by atoms with Crippen molar-refractivity contribution in [2.45, 2.75) is 38.1 Å². The highest BCUT2D eigenvalue weighted by Crippen LogP contribution is 2.27. The maximum Gasteiger partial charge on any atom is 0.221 e. The van der Waals surface area contributed by atoms with Crippen LogP contribution in [0.2, 0.25) is 0 Å². The summed E-state index contributed by atoms with van der Waals surface area (Å²) in [6, 6.07) is 16.3. The van der Waals surface area contributed by atoms with Crippen molar-refractivity contribution < 1.29 is 9.53 Å². The Morgan fingerprint density at radius 1 is 1.06 bits per heavy atom. The number of rotatable bonds is 8. The average Bonchev–Trinajstić information content (AvgIpc) is 2.73. The van der Waals surface area contributed by atoms with E-state index < -0.39 is 0 Å². The molecular formula is C25H28N4O2. The van der Waals surface area contributed by atoms with Gasteiger partial charge in [-0.1, -0.05) is 48.5 Å². The van der Waals surface area contributed by atoms with E-state index in [2.05, 4.69) is 35.3 Å². The summed E-state index contributed by atoms with van der Waals surface area (Å²) in [6.07, 6.45) is 4.40. The molecule has 0 bridgehead atoms. The normalized spacial score (nSPS) is 14.8. The molecule has 0 radical (unpaired) electrons. The number of ether oxygens (including phenoxy) is 1. The number of hydrogen-bond donors (Lipinski definition) is 2. The largest absolute Gasteiger partial charge is 0.377 e. The van der Waals surface area contributed by atoms with Crippen LogP contribution < -0.4 is 11.5 Å². The minimum absolute atomic E-state index is 0.260. The summed E-state index contributed by atoms with van der Waals surface area (Å²) in [4.78, 5) is 20.7. The number of benzene rings is 2. The molecule has 1 aromatic heterocycles. The van der Waals surface area contributed by atoms with E-state index in [9.17, 15) is 4.79 Å². The van der Waals surface area contributed by atoms with E-state index in [1.54, 1.807) is 0 Å². The molecule has 0 spiro atoms. The number of aromatic nitrogens is 2. The number of hydrogen-bond acceptors (Lipinski definition) is 5. The molecule has 1 saturated heterocycles. The molecule has 1 aliphatic rings. The summed E-state index contributed by atoms with van der Waals surface area (Å²) < 4.78 is 5.26. The molecule has 0 atom stereocenters. The molecule has 1 aliphatic heterocycles. The van der Waals surface area contributed by atoms with Gasteiger partial charge in [0.15, 0.2) is 0 Å². The average molecular weight is 417 g/mol. The van der Waals surface area contributed by atoms with Gasteiger partial charge in [0.05, 0.1) is 25.2 Å². The van der Waals surface area contributed by atoms with Crippen molar-refractivity contribution >= 4 is 5.91 Å². The Hall–Kier alpha value is -3.09. The molecule has 160 valence electrons. The van der Waals surface area contributed by atoms with Gasteiger partial charge >= 0.3 is 0 Å². The zero-order valence-electron chi connectivity index (χ0n) is 17.8. The topological polar surface area (TPSA) is 104 Å². The lowest BCUT2D eigenvalue weighted by atomic mass is 9.88. The van der Waals surface area contributed by atoms with Gasteiger partial charge in [-0.3, -0.25) is 4.79 Å². The van der Waals surface area contributed by atoms with E-state index in [1.807, 2.05) is 31.3 Å². The number of amides is 1. The van der Waals surface area contributed by atoms with Gasteiger partial charge in [-0.2, -0.15) is 0 Å². The zero-order chi connectivity index (χ0) is 21.8. The van der Waals surface area contributed by atoms with Gasteiger partial charge in [0.1, 0.15) is 5.82 Å². The molecule has 4 rings (SSSR count). The van der Waals surface area contributed by atoms with Gasteiger partial charge < -0.3 is 16.2 Å². The predicted molar refractivity (Wildman–Crippen MR) is 119 cm³/mol. The molecule has 0 unspecified atom stereocenters. The van der Waals surface area contributed by atoms with Crippen LogP contribution in [0.1, 0.15) is 39.3 Å². The van der Waals surface area contributed by atoms with Gasteiger partial charge in [-0.15, -0.1) is 0 Å². The van der Waals surface area contributed by atoms with Crippen molar-refractivity contribution in [3.63, 3.8) is 0 Å². The predicted octanol–water partition coefficient (Wildman–Crippen LogP) is 2.37. The number of primary amides is 1. The molecule has 2 aromatic carbocycles. The van der Waals surface area contributed by atoms with Crippen LogP contribution in [0.25, 0.3) is 0 Å². The minimum Gasteiger partial charge on any atom is -0.377 e. The van der Waals surface area contributed by atoms with Crippen LogP contribution in [0.15, 0.2) is 54.7 Å². The zero-order valence-corrected chi connectivity index (χ0v) is 17.8. The molecule has 31 heavy (non-hydrogen) atoms. The summed E-state index contributed by atoms with van der Waals surface area (Å²) in [5, 5.41) is 0. The van der Waals surface area contributed by atoms with Crippen LogP contribution in [0.3, 0.4) is 0 Å². The molecule has 0 aliphatic carbocycles. The summed E-state index contributed by atoms with van der Waals surface area (Å²) in [5.74, 6) is 0.484. The molecule has 1 fully saturated rings. The monoisotopic (exact) mass is 416 g/mol. The first-order valence-corrected chi connectivity index (χ1v) is 10.6. The fraction of sp³-hybridized carbons (Fsp3) is 0.320. The molecule has 4 N–H and O–H groups in total. The van der Waals surface area contributed by atoms with Crippen LogP contribution in [0.5, 0.6) is 0 Å². The van der Waals surface area contributed by atoms with Gasteiger partial charge in [0.2, 0.25) is 5.91 Å². The Morgan fingerprint density at radius 3 is 2.42 bits per heavy atom. The number of nitrogens with zero attached hydrogens (tertiary/aromatic N) is 2. The smallest absolute Gasteiger partial charge is 0.221 e. The van der Waals surface area contributed by atoms with Crippen molar-refractivity contribution in [1.82, 2.24) is 9.97 Å². The van der Waals surface area contributed by atoms with E-state index >= 15 is 0 Å². The molecule has 6 nitrogen and oxygen atoms in total. The summed E-state index contributed by atoms with van der Waals surface area (Å²) in [6.45, 7) is 3.17. The van der Waals surface area contributed by atoms with Crippen molar-refractivity contribution in [3.8, 4) is 0 Å². The fourth-order valence-electron chi connectivity index (χ4n) is 3.90. The van der Waals surface area contributed by atoms with Crippen LogP contribution >= 0.6 is 0 Å². The van der Waals surface area contributed by atoms with E-state index in [-0.39, 0.29) is 17.9 Å². The number of nitrogens with two attached hydrogens (primary N) is 2. The van der Waals surface area contributed by atoms with Crippen LogP contribution in [0.4, 0.5) is 0 Å². The Morgan fingerprint density at radius 2 is 1.77 bits per heavy atom. The molecule has 2 heterocycles. The maximum atomic E-state index is 11.4. The quantitative estimate of drug-likeness (QED) is 0.587. The summed E-state index contributed by atoms with van der Waals surface area (Å²) >= 11 is 0. The highest BCUT2D eigenvalue weighted by atomic mass is 16.5. The van der Waals surface area contributed by atoms with E-state index in [0.29, 0.717) is 19.6 Å². The lowest BCUT2D eigenvalue weighted by Gasteiger charge is -2.38. The van der Waals surface area contributed by atoms with Gasteiger partial charge in [0, 0.05) is 18.3 Å². The SMILES string of the molecule is Cc1cnc(Cc2ccc(C3(N)COC3)cc2)nc1CCc1ccccc1CC(N)=O. The van der Waals surface area contributed by atoms with Crippen molar-refractivity contribution in [2.24, 2.45) is 11.5 Å². The number of carbonyl (C=O) groups is 1. The molecule has 0 saturated carbocycles. The Balaban J connectivity index is 1.45. The summed E-state index contributed by atoms with van der Waals surface area (Å²) in [7, 11) is 0. The number of carbonyl (C=O) groups excluding carboxylic acids is 1. The van der Waals surface area contributed by atoms with Crippen molar-refractivity contribution in [3.05, 3.63) is 94.1 Å². The first-order valence-electron chi connectivity index (χ1n) is 10.6. The van der Waals surface area contributed by atoms with Crippen LogP contribution in [-0.2, 0) is 40.8 Å². The third-order valence-electron chi connectivity index (χ3n) is 5.85. The maximum absolute atomic E-state index is 11.4. The summed E-state index contributed by atoms with van der Waals surface area (Å²) in [5.41, 5.74) is 17.8. The molecule has 1 amide bonds.